The van der Waals surface area contributed by atoms with Crippen LogP contribution < -0.4 is 0 Å². The largest absolute Gasteiger partial charge is 0 e. The SMILES string of the molecule is Br.Br.[LiH].[Zn]. The van der Waals surface area contributed by atoms with E-state index in [4.69, 9.17) is 0 Å². The Balaban J connectivity index is 0. The Kier molecular flexibility index (Phi) is 166. The van der Waals surface area contributed by atoms with Crippen LogP contribution in [0.15, 0.2) is 0 Å². The first kappa shape index (κ1) is 34.9. The molecule has 20 valence electrons. The number of rotatable bonds is 0. The van der Waals surface area contributed by atoms with Crippen molar-refractivity contribution in [2.24, 2.45) is 0 Å². The molecule has 0 aromatic rings. The Labute approximate surface area is 71.6 Å². The van der Waals surface area contributed by atoms with Gasteiger partial charge in [-0.2, -0.15) is 0 Å². The van der Waals surface area contributed by atoms with Gasteiger partial charge in [0, 0.05) is 19.5 Å². The predicted octanol–water partition coefficient (Wildman–Crippen LogP) is 0.505. The molecule has 0 saturated heterocycles. The van der Waals surface area contributed by atoms with Crippen LogP contribution in [0.4, 0.5) is 0 Å². The molecule has 0 aliphatic rings. The third-order valence-electron chi connectivity index (χ3n) is 0. The van der Waals surface area contributed by atoms with Gasteiger partial charge >= 0.3 is 18.9 Å². The number of hydrogen-bond donors (Lipinski definition) is 0. The Morgan fingerprint density at radius 2 is 0.750 bits per heavy atom. The molecule has 0 rings (SSSR count). The van der Waals surface area contributed by atoms with Crippen LogP contribution in [0, 0.1) is 0 Å². The van der Waals surface area contributed by atoms with Gasteiger partial charge < -0.3 is 0 Å². The summed E-state index contributed by atoms with van der Waals surface area (Å²) >= 11 is 0. The van der Waals surface area contributed by atoms with Crippen LogP contribution in [0.2, 0.25) is 0 Å². The second-order valence-corrected chi connectivity index (χ2v) is 0. The van der Waals surface area contributed by atoms with Crippen LogP contribution in [0.25, 0.3) is 0 Å². The summed E-state index contributed by atoms with van der Waals surface area (Å²) < 4.78 is 0. The third kappa shape index (κ3) is 8.89. The average Bonchev–Trinajstić information content (AvgIpc) is 0. The molecule has 0 radical (unpaired) electrons. The topological polar surface area (TPSA) is 0 Å². The quantitative estimate of drug-likeness (QED) is 0.536. The standard InChI is InChI=1S/2BrH.Li.Zn.H/h2*1H;;;. The van der Waals surface area contributed by atoms with E-state index >= 15 is 0 Å². The van der Waals surface area contributed by atoms with Crippen LogP contribution in [0.1, 0.15) is 0 Å². The van der Waals surface area contributed by atoms with Crippen molar-refractivity contribution in [3.63, 3.8) is 0 Å². The summed E-state index contributed by atoms with van der Waals surface area (Å²) in [6, 6.07) is 0. The first-order valence-electron chi connectivity index (χ1n) is 0. The van der Waals surface area contributed by atoms with Crippen molar-refractivity contribution in [1.82, 2.24) is 0 Å². The summed E-state index contributed by atoms with van der Waals surface area (Å²) in [7, 11) is 0. The minimum atomic E-state index is 0. The molecule has 0 aliphatic carbocycles. The molecular weight excluding hydrogens is 232 g/mol. The third-order valence-corrected chi connectivity index (χ3v) is 0. The van der Waals surface area contributed by atoms with Gasteiger partial charge in [0.2, 0.25) is 0 Å². The van der Waals surface area contributed by atoms with Crippen molar-refractivity contribution in [2.45, 2.75) is 0 Å². The van der Waals surface area contributed by atoms with Gasteiger partial charge in [-0.1, -0.05) is 0 Å². The van der Waals surface area contributed by atoms with E-state index in [1.54, 1.807) is 0 Å². The maximum atomic E-state index is 0. The monoisotopic (exact) mass is 232 g/mol. The molecule has 0 aliphatic heterocycles. The average molecular weight is 235 g/mol. The van der Waals surface area contributed by atoms with Gasteiger partial charge in [-0.3, -0.25) is 0 Å². The predicted molar refractivity (Wildman–Crippen MR) is 27.8 cm³/mol. The van der Waals surface area contributed by atoms with E-state index in [0.717, 1.165) is 0 Å². The summed E-state index contributed by atoms with van der Waals surface area (Å²) in [6.07, 6.45) is 0. The van der Waals surface area contributed by atoms with Gasteiger partial charge in [0.1, 0.15) is 0 Å². The van der Waals surface area contributed by atoms with Gasteiger partial charge in [-0.25, -0.2) is 0 Å². The van der Waals surface area contributed by atoms with Crippen LogP contribution in [0.3, 0.4) is 0 Å². The number of hydrogen-bond acceptors (Lipinski definition) is 0. The molecule has 0 aromatic heterocycles. The molecule has 0 atom stereocenters. The van der Waals surface area contributed by atoms with Gasteiger partial charge in [0.15, 0.2) is 0 Å². The summed E-state index contributed by atoms with van der Waals surface area (Å²) in [5.41, 5.74) is 0. The zero-order valence-electron chi connectivity index (χ0n) is 1.52. The van der Waals surface area contributed by atoms with Crippen LogP contribution >= 0.6 is 34.0 Å². The van der Waals surface area contributed by atoms with Crippen LogP contribution in [-0.4, -0.2) is 18.9 Å². The van der Waals surface area contributed by atoms with E-state index < -0.39 is 0 Å². The molecule has 4 heavy (non-hydrogen) atoms. The van der Waals surface area contributed by atoms with Crippen molar-refractivity contribution in [1.29, 1.82) is 0 Å². The fraction of sp³-hybridized carbons (Fsp3) is 0. The van der Waals surface area contributed by atoms with E-state index in [0.29, 0.717) is 0 Å². The Bertz CT molecular complexity index is 6.00. The number of halogens is 2. The van der Waals surface area contributed by atoms with Gasteiger partial charge in [-0.15, -0.1) is 34.0 Å². The molecule has 4 heteroatoms. The van der Waals surface area contributed by atoms with Crippen molar-refractivity contribution in [2.75, 3.05) is 0 Å². The molecule has 0 fully saturated rings. The normalized spacial score (nSPS) is 0. The summed E-state index contributed by atoms with van der Waals surface area (Å²) in [5, 5.41) is 0. The molecular formula is H3Br2LiZn. The fourth-order valence-corrected chi connectivity index (χ4v) is 0. The van der Waals surface area contributed by atoms with E-state index in [-0.39, 0.29) is 72.3 Å². The van der Waals surface area contributed by atoms with Crippen molar-refractivity contribution < 1.29 is 19.5 Å². The second kappa shape index (κ2) is 19.0. The summed E-state index contributed by atoms with van der Waals surface area (Å²) in [6.45, 7) is 0. The summed E-state index contributed by atoms with van der Waals surface area (Å²) in [5.74, 6) is 0. The molecule has 0 saturated carbocycles. The van der Waals surface area contributed by atoms with E-state index in [2.05, 4.69) is 0 Å². The maximum absolute atomic E-state index is 0. The molecule has 0 nitrogen and oxygen atoms in total. The fourth-order valence-electron chi connectivity index (χ4n) is 0. The van der Waals surface area contributed by atoms with Crippen LogP contribution in [0.5, 0.6) is 0 Å². The molecule has 0 unspecified atom stereocenters. The van der Waals surface area contributed by atoms with Gasteiger partial charge in [-0.05, 0) is 0 Å². The first-order chi connectivity index (χ1) is 0. The molecule has 0 spiro atoms. The molecule has 0 amide bonds. The molecule has 0 N–H and O–H groups in total. The van der Waals surface area contributed by atoms with E-state index in [1.807, 2.05) is 0 Å². The van der Waals surface area contributed by atoms with Crippen molar-refractivity contribution in [3.8, 4) is 0 Å². The smallest absolute Gasteiger partial charge is 0 e. The second-order valence-electron chi connectivity index (χ2n) is 0. The maximum Gasteiger partial charge on any atom is 0 e. The minimum absolute atomic E-state index is 0. The van der Waals surface area contributed by atoms with Crippen molar-refractivity contribution in [3.05, 3.63) is 0 Å². The van der Waals surface area contributed by atoms with Gasteiger partial charge in [0.05, 0.1) is 0 Å². The Morgan fingerprint density at radius 3 is 0.750 bits per heavy atom. The summed E-state index contributed by atoms with van der Waals surface area (Å²) in [4.78, 5) is 0. The Morgan fingerprint density at radius 1 is 0.750 bits per heavy atom. The van der Waals surface area contributed by atoms with Crippen LogP contribution in [-0.2, 0) is 19.5 Å². The zero-order chi connectivity index (χ0) is 0. The first-order valence-corrected chi connectivity index (χ1v) is 0. The molecule has 0 aromatic carbocycles. The van der Waals surface area contributed by atoms with Crippen molar-refractivity contribution >= 4 is 52.8 Å². The zero-order valence-corrected chi connectivity index (χ0v) is 7.92. The molecule has 0 heterocycles. The van der Waals surface area contributed by atoms with E-state index in [1.165, 1.54) is 0 Å². The van der Waals surface area contributed by atoms with E-state index in [9.17, 15) is 0 Å². The Hall–Kier alpha value is 2.18. The molecule has 0 bridgehead atoms. The van der Waals surface area contributed by atoms with Gasteiger partial charge in [0.25, 0.3) is 0 Å². The minimum Gasteiger partial charge on any atom is 0 e.